The summed E-state index contributed by atoms with van der Waals surface area (Å²) >= 11 is 1.29. The first-order valence-electron chi connectivity index (χ1n) is 9.28. The highest BCUT2D eigenvalue weighted by Crippen LogP contribution is 2.39. The second-order valence-electron chi connectivity index (χ2n) is 6.94. The summed E-state index contributed by atoms with van der Waals surface area (Å²) < 4.78 is 45.3. The molecule has 1 saturated heterocycles. The number of sulfonamides is 1. The Labute approximate surface area is 176 Å². The van der Waals surface area contributed by atoms with E-state index in [1.807, 2.05) is 24.3 Å². The van der Waals surface area contributed by atoms with Crippen LogP contribution in [0.4, 0.5) is 0 Å². The van der Waals surface area contributed by atoms with E-state index in [1.165, 1.54) is 27.8 Å². The Balaban J connectivity index is 1.50. The van der Waals surface area contributed by atoms with Crippen LogP contribution in [0.5, 0.6) is 11.5 Å². The fourth-order valence-electron chi connectivity index (χ4n) is 3.77. The summed E-state index contributed by atoms with van der Waals surface area (Å²) in [6.45, 7) is 0.565. The zero-order valence-electron chi connectivity index (χ0n) is 15.7. The van der Waals surface area contributed by atoms with Crippen LogP contribution in [0.2, 0.25) is 0 Å². The van der Waals surface area contributed by atoms with E-state index >= 15 is 0 Å². The lowest BCUT2D eigenvalue weighted by Crippen LogP contribution is -2.42. The Bertz CT molecular complexity index is 1250. The standard InChI is InChI=1S/C20H18N2O6S2/c21-20(23)19-18(13-3-1-2-4-17(13)29-19)16-10-22(7-8-26-16)30(24,25)12-5-6-14-15(9-12)28-11-27-14/h1-6,9,16H,7-8,10-11H2,(H2,21,23)/t16-/m0/s1. The number of hydrogen-bond donors (Lipinski definition) is 1. The lowest BCUT2D eigenvalue weighted by molar-refractivity contribution is -0.00189. The summed E-state index contributed by atoms with van der Waals surface area (Å²) in [5, 5.41) is 0.851. The minimum absolute atomic E-state index is 0.0690. The molecule has 156 valence electrons. The van der Waals surface area contributed by atoms with Crippen molar-refractivity contribution in [1.29, 1.82) is 0 Å². The van der Waals surface area contributed by atoms with Gasteiger partial charge < -0.3 is 19.9 Å². The van der Waals surface area contributed by atoms with E-state index in [1.54, 1.807) is 6.07 Å². The van der Waals surface area contributed by atoms with E-state index in [0.29, 0.717) is 21.9 Å². The van der Waals surface area contributed by atoms with Crippen LogP contribution in [0.15, 0.2) is 47.4 Å². The molecule has 8 nitrogen and oxygen atoms in total. The number of hydrogen-bond acceptors (Lipinski definition) is 7. The van der Waals surface area contributed by atoms with Gasteiger partial charge >= 0.3 is 0 Å². The Morgan fingerprint density at radius 2 is 1.93 bits per heavy atom. The summed E-state index contributed by atoms with van der Waals surface area (Å²) in [5.41, 5.74) is 6.25. The van der Waals surface area contributed by atoms with Gasteiger partial charge in [-0.3, -0.25) is 4.79 Å². The van der Waals surface area contributed by atoms with E-state index in [4.69, 9.17) is 19.9 Å². The average molecular weight is 447 g/mol. The quantitative estimate of drug-likeness (QED) is 0.660. The first-order chi connectivity index (χ1) is 14.4. The number of carbonyl (C=O) groups excluding carboxylic acids is 1. The van der Waals surface area contributed by atoms with E-state index in [2.05, 4.69) is 0 Å². The van der Waals surface area contributed by atoms with Gasteiger partial charge in [0.2, 0.25) is 16.8 Å². The first kappa shape index (κ1) is 19.3. The van der Waals surface area contributed by atoms with E-state index < -0.39 is 22.0 Å². The van der Waals surface area contributed by atoms with Crippen molar-refractivity contribution in [2.45, 2.75) is 11.0 Å². The van der Waals surface area contributed by atoms with E-state index in [9.17, 15) is 13.2 Å². The fourth-order valence-corrected chi connectivity index (χ4v) is 6.32. The minimum Gasteiger partial charge on any atom is -0.454 e. The van der Waals surface area contributed by atoms with Gasteiger partial charge in [-0.25, -0.2) is 8.42 Å². The van der Waals surface area contributed by atoms with Crippen molar-refractivity contribution >= 4 is 37.4 Å². The van der Waals surface area contributed by atoms with Gasteiger partial charge in [-0.2, -0.15) is 4.31 Å². The summed E-state index contributed by atoms with van der Waals surface area (Å²) in [4.78, 5) is 12.6. The highest BCUT2D eigenvalue weighted by molar-refractivity contribution is 7.89. The van der Waals surface area contributed by atoms with Gasteiger partial charge in [0.25, 0.3) is 5.91 Å². The predicted molar refractivity (Wildman–Crippen MR) is 110 cm³/mol. The molecule has 2 N–H and O–H groups in total. The number of carbonyl (C=O) groups is 1. The second-order valence-corrected chi connectivity index (χ2v) is 9.93. The molecule has 1 atom stereocenters. The zero-order chi connectivity index (χ0) is 20.9. The van der Waals surface area contributed by atoms with Gasteiger partial charge in [0.05, 0.1) is 22.5 Å². The molecule has 0 aliphatic carbocycles. The maximum absolute atomic E-state index is 13.3. The molecule has 10 heteroatoms. The minimum atomic E-state index is -3.79. The number of benzene rings is 2. The molecular weight excluding hydrogens is 428 g/mol. The molecule has 2 aromatic carbocycles. The number of morpholine rings is 1. The summed E-state index contributed by atoms with van der Waals surface area (Å²) in [6.07, 6.45) is -0.596. The Morgan fingerprint density at radius 3 is 2.77 bits per heavy atom. The third-order valence-corrected chi connectivity index (χ3v) is 8.25. The highest BCUT2D eigenvalue weighted by Gasteiger charge is 2.35. The highest BCUT2D eigenvalue weighted by atomic mass is 32.2. The molecule has 1 fully saturated rings. The number of amides is 1. The van der Waals surface area contributed by atoms with Crippen LogP contribution in [0.1, 0.15) is 21.3 Å². The molecule has 0 saturated carbocycles. The monoisotopic (exact) mass is 446 g/mol. The molecule has 1 amide bonds. The third-order valence-electron chi connectivity index (χ3n) is 5.19. The lowest BCUT2D eigenvalue weighted by atomic mass is 10.0. The molecule has 2 aliphatic heterocycles. The van der Waals surface area contributed by atoms with Crippen molar-refractivity contribution in [3.05, 3.63) is 52.9 Å². The Hall–Kier alpha value is -2.66. The topological polar surface area (TPSA) is 108 Å². The zero-order valence-corrected chi connectivity index (χ0v) is 17.4. The van der Waals surface area contributed by atoms with Gasteiger partial charge in [-0.05, 0) is 23.6 Å². The van der Waals surface area contributed by atoms with Crippen LogP contribution < -0.4 is 15.2 Å². The van der Waals surface area contributed by atoms with Gasteiger partial charge in [0.1, 0.15) is 0 Å². The summed E-state index contributed by atoms with van der Waals surface area (Å²) in [5.74, 6) is 0.371. The van der Waals surface area contributed by atoms with Crippen molar-refractivity contribution in [3.8, 4) is 11.5 Å². The molecule has 0 bridgehead atoms. The number of thiophene rings is 1. The molecule has 1 aromatic heterocycles. The number of primary amides is 1. The summed E-state index contributed by atoms with van der Waals surface area (Å²) in [6, 6.07) is 12.1. The molecule has 0 radical (unpaired) electrons. The molecule has 3 heterocycles. The maximum Gasteiger partial charge on any atom is 0.259 e. The van der Waals surface area contributed by atoms with Gasteiger partial charge in [-0.1, -0.05) is 18.2 Å². The molecule has 0 unspecified atom stereocenters. The van der Waals surface area contributed by atoms with Gasteiger partial charge in [0.15, 0.2) is 11.5 Å². The largest absolute Gasteiger partial charge is 0.454 e. The Morgan fingerprint density at radius 1 is 1.13 bits per heavy atom. The lowest BCUT2D eigenvalue weighted by Gasteiger charge is -2.32. The smallest absolute Gasteiger partial charge is 0.259 e. The van der Waals surface area contributed by atoms with E-state index in [0.717, 1.165) is 10.1 Å². The molecule has 3 aromatic rings. The van der Waals surface area contributed by atoms with Crippen LogP contribution in [0.3, 0.4) is 0 Å². The SMILES string of the molecule is NC(=O)c1sc2ccccc2c1[C@@H]1CN(S(=O)(=O)c2ccc3c(c2)OCO3)CCO1. The Kier molecular flexibility index (Phi) is 4.66. The fraction of sp³-hybridized carbons (Fsp3) is 0.250. The first-order valence-corrected chi connectivity index (χ1v) is 11.5. The van der Waals surface area contributed by atoms with Crippen molar-refractivity contribution in [3.63, 3.8) is 0 Å². The average Bonchev–Trinajstić information content (AvgIpc) is 3.38. The molecule has 30 heavy (non-hydrogen) atoms. The van der Waals surface area contributed by atoms with Crippen LogP contribution in [-0.2, 0) is 14.8 Å². The van der Waals surface area contributed by atoms with Crippen molar-refractivity contribution in [1.82, 2.24) is 4.31 Å². The van der Waals surface area contributed by atoms with Crippen molar-refractivity contribution < 1.29 is 27.4 Å². The number of nitrogens with zero attached hydrogens (tertiary/aromatic N) is 1. The predicted octanol–water partition coefficient (Wildman–Crippen LogP) is 2.49. The summed E-state index contributed by atoms with van der Waals surface area (Å²) in [7, 11) is -3.79. The third kappa shape index (κ3) is 3.12. The van der Waals surface area contributed by atoms with Crippen LogP contribution in [-0.4, -0.2) is 45.1 Å². The molecule has 0 spiro atoms. The van der Waals surface area contributed by atoms with Crippen molar-refractivity contribution in [2.24, 2.45) is 5.73 Å². The number of rotatable bonds is 4. The van der Waals surface area contributed by atoms with Crippen LogP contribution in [0.25, 0.3) is 10.1 Å². The van der Waals surface area contributed by atoms with E-state index in [-0.39, 0.29) is 31.4 Å². The van der Waals surface area contributed by atoms with Crippen LogP contribution in [0, 0.1) is 0 Å². The number of nitrogens with two attached hydrogens (primary N) is 1. The number of fused-ring (bicyclic) bond motifs is 2. The number of ether oxygens (including phenoxy) is 3. The molecule has 5 rings (SSSR count). The molecule has 2 aliphatic rings. The molecular formula is C20H18N2O6S2. The van der Waals surface area contributed by atoms with Gasteiger partial charge in [0, 0.05) is 29.4 Å². The van der Waals surface area contributed by atoms with Crippen molar-refractivity contribution in [2.75, 3.05) is 26.5 Å². The second kappa shape index (κ2) is 7.24. The van der Waals surface area contributed by atoms with Crippen LogP contribution >= 0.6 is 11.3 Å². The normalized spacial score (nSPS) is 19.3. The maximum atomic E-state index is 13.3. The van der Waals surface area contributed by atoms with Gasteiger partial charge in [-0.15, -0.1) is 11.3 Å².